The van der Waals surface area contributed by atoms with Crippen LogP contribution in [0.5, 0.6) is 0 Å². The SMILES string of the molecule is C=C(Cn1ccc2[nH]c(N)nc(=O)c21)c1ccc(C(=O)N[C@@H](CCC(=O)O)C(=O)O)o1. The summed E-state index contributed by atoms with van der Waals surface area (Å²) in [6, 6.07) is 3.11. The van der Waals surface area contributed by atoms with Crippen LogP contribution in [0.1, 0.15) is 29.2 Å². The van der Waals surface area contributed by atoms with Crippen molar-refractivity contribution in [2.45, 2.75) is 25.4 Å². The summed E-state index contributed by atoms with van der Waals surface area (Å²) < 4.78 is 7.06. The number of fused-ring (bicyclic) bond motifs is 1. The summed E-state index contributed by atoms with van der Waals surface area (Å²) in [5, 5.41) is 20.1. The molecule has 0 aliphatic heterocycles. The molecule has 0 unspecified atom stereocenters. The number of carboxylic acids is 2. The van der Waals surface area contributed by atoms with Crippen LogP contribution in [-0.2, 0) is 16.1 Å². The normalized spacial score (nSPS) is 11.9. The number of hydrogen-bond donors (Lipinski definition) is 5. The van der Waals surface area contributed by atoms with E-state index in [0.29, 0.717) is 16.6 Å². The van der Waals surface area contributed by atoms with Crippen LogP contribution in [0, 0.1) is 0 Å². The van der Waals surface area contributed by atoms with Gasteiger partial charge in [-0.05, 0) is 24.6 Å². The number of hydrogen-bond acceptors (Lipinski definition) is 7. The van der Waals surface area contributed by atoms with Crippen LogP contribution in [0.25, 0.3) is 16.6 Å². The van der Waals surface area contributed by atoms with E-state index in [-0.39, 0.29) is 30.4 Å². The number of aromatic amines is 1. The molecule has 1 amide bonds. The first-order valence-corrected chi connectivity index (χ1v) is 9.03. The zero-order chi connectivity index (χ0) is 22.7. The van der Waals surface area contributed by atoms with Crippen LogP contribution in [0.4, 0.5) is 5.95 Å². The number of aromatic nitrogens is 3. The second-order valence-corrected chi connectivity index (χ2v) is 6.70. The smallest absolute Gasteiger partial charge is 0.326 e. The molecule has 0 aliphatic carbocycles. The molecule has 3 heterocycles. The van der Waals surface area contributed by atoms with E-state index in [1.165, 1.54) is 12.1 Å². The minimum absolute atomic E-state index is 0.00112. The van der Waals surface area contributed by atoms with E-state index in [2.05, 4.69) is 21.9 Å². The number of H-pyrrole nitrogens is 1. The Bertz CT molecular complexity index is 1240. The third-order valence-electron chi connectivity index (χ3n) is 4.44. The molecule has 6 N–H and O–H groups in total. The number of nitrogen functional groups attached to an aromatic ring is 1. The van der Waals surface area contributed by atoms with Crippen molar-refractivity contribution in [2.24, 2.45) is 0 Å². The van der Waals surface area contributed by atoms with E-state index in [1.807, 2.05) is 0 Å². The van der Waals surface area contributed by atoms with Gasteiger partial charge in [-0.3, -0.25) is 14.4 Å². The van der Waals surface area contributed by atoms with Crippen molar-refractivity contribution >= 4 is 40.4 Å². The maximum atomic E-state index is 12.3. The van der Waals surface area contributed by atoms with Gasteiger partial charge in [-0.25, -0.2) is 4.79 Å². The highest BCUT2D eigenvalue weighted by molar-refractivity contribution is 5.94. The zero-order valence-electron chi connectivity index (χ0n) is 16.1. The molecule has 0 radical (unpaired) electrons. The topological polar surface area (TPSA) is 194 Å². The van der Waals surface area contributed by atoms with Gasteiger partial charge in [-0.2, -0.15) is 4.98 Å². The molecule has 12 heteroatoms. The zero-order valence-corrected chi connectivity index (χ0v) is 16.1. The Hall–Kier alpha value is -4.35. The Kier molecular flexibility index (Phi) is 5.90. The number of nitrogens with zero attached hydrogens (tertiary/aromatic N) is 2. The second kappa shape index (κ2) is 8.57. The Morgan fingerprint density at radius 3 is 2.65 bits per heavy atom. The number of amides is 1. The number of aliphatic carboxylic acids is 2. The predicted octanol–water partition coefficient (Wildman–Crippen LogP) is 0.661. The van der Waals surface area contributed by atoms with Crippen LogP contribution >= 0.6 is 0 Å². The monoisotopic (exact) mass is 429 g/mol. The minimum atomic E-state index is -1.38. The summed E-state index contributed by atoms with van der Waals surface area (Å²) in [5.74, 6) is -3.25. The largest absolute Gasteiger partial charge is 0.481 e. The van der Waals surface area contributed by atoms with Crippen molar-refractivity contribution in [1.29, 1.82) is 0 Å². The summed E-state index contributed by atoms with van der Waals surface area (Å²) in [7, 11) is 0. The fourth-order valence-corrected chi connectivity index (χ4v) is 2.96. The minimum Gasteiger partial charge on any atom is -0.481 e. The predicted molar refractivity (Wildman–Crippen MR) is 108 cm³/mol. The van der Waals surface area contributed by atoms with Crippen LogP contribution in [0.2, 0.25) is 0 Å². The van der Waals surface area contributed by atoms with E-state index in [0.717, 1.165) is 0 Å². The summed E-state index contributed by atoms with van der Waals surface area (Å²) in [6.45, 7) is 4.06. The highest BCUT2D eigenvalue weighted by Crippen LogP contribution is 2.20. The lowest BCUT2D eigenvalue weighted by molar-refractivity contribution is -0.140. The molecule has 1 atom stereocenters. The molecular weight excluding hydrogens is 410 g/mol. The molecule has 3 aromatic heterocycles. The molecule has 162 valence electrons. The number of nitrogens with two attached hydrogens (primary N) is 1. The number of carbonyl (C=O) groups excluding carboxylic acids is 1. The summed E-state index contributed by atoms with van der Waals surface area (Å²) in [4.78, 5) is 52.7. The Balaban J connectivity index is 1.72. The van der Waals surface area contributed by atoms with Gasteiger partial charge >= 0.3 is 11.9 Å². The van der Waals surface area contributed by atoms with Crippen molar-refractivity contribution in [3.63, 3.8) is 0 Å². The highest BCUT2D eigenvalue weighted by Gasteiger charge is 2.23. The van der Waals surface area contributed by atoms with E-state index in [1.54, 1.807) is 16.8 Å². The van der Waals surface area contributed by atoms with E-state index in [4.69, 9.17) is 20.4 Å². The first-order chi connectivity index (χ1) is 14.7. The molecular formula is C19H19N5O7. The molecule has 0 aliphatic rings. The fourth-order valence-electron chi connectivity index (χ4n) is 2.96. The molecule has 0 spiro atoms. The number of allylic oxidation sites excluding steroid dienone is 1. The molecule has 31 heavy (non-hydrogen) atoms. The van der Waals surface area contributed by atoms with Crippen LogP contribution in [0.15, 0.2) is 40.2 Å². The molecule has 0 saturated carbocycles. The van der Waals surface area contributed by atoms with E-state index in [9.17, 15) is 19.2 Å². The number of carbonyl (C=O) groups is 3. The van der Waals surface area contributed by atoms with Crippen molar-refractivity contribution in [2.75, 3.05) is 5.73 Å². The summed E-state index contributed by atoms with van der Waals surface area (Å²) in [5.41, 5.74) is 6.26. The Morgan fingerprint density at radius 2 is 1.97 bits per heavy atom. The third kappa shape index (κ3) is 4.80. The lowest BCUT2D eigenvalue weighted by Gasteiger charge is -2.12. The van der Waals surface area contributed by atoms with Crippen molar-refractivity contribution in [3.05, 3.63) is 52.8 Å². The average molecular weight is 429 g/mol. The first-order valence-electron chi connectivity index (χ1n) is 9.03. The highest BCUT2D eigenvalue weighted by atomic mass is 16.4. The van der Waals surface area contributed by atoms with Crippen molar-refractivity contribution < 1.29 is 29.0 Å². The van der Waals surface area contributed by atoms with Gasteiger partial charge in [-0.15, -0.1) is 0 Å². The second-order valence-electron chi connectivity index (χ2n) is 6.70. The van der Waals surface area contributed by atoms with E-state index >= 15 is 0 Å². The van der Waals surface area contributed by atoms with Gasteiger partial charge < -0.3 is 35.2 Å². The molecule has 0 bridgehead atoms. The van der Waals surface area contributed by atoms with Gasteiger partial charge in [0, 0.05) is 18.2 Å². The van der Waals surface area contributed by atoms with Gasteiger partial charge in [-0.1, -0.05) is 6.58 Å². The Labute approximate surface area is 174 Å². The molecule has 0 aromatic carbocycles. The maximum absolute atomic E-state index is 12.3. The molecule has 3 rings (SSSR count). The fraction of sp³-hybridized carbons (Fsp3) is 0.211. The summed E-state index contributed by atoms with van der Waals surface area (Å²) in [6.07, 6.45) is 0.956. The number of rotatable bonds is 9. The van der Waals surface area contributed by atoms with Gasteiger partial charge in [0.2, 0.25) is 5.95 Å². The lowest BCUT2D eigenvalue weighted by atomic mass is 10.1. The average Bonchev–Trinajstić information content (AvgIpc) is 3.32. The molecule has 0 fully saturated rings. The molecule has 12 nitrogen and oxygen atoms in total. The summed E-state index contributed by atoms with van der Waals surface area (Å²) >= 11 is 0. The quantitative estimate of drug-likeness (QED) is 0.325. The molecule has 0 saturated heterocycles. The van der Waals surface area contributed by atoms with Crippen LogP contribution in [0.3, 0.4) is 0 Å². The van der Waals surface area contributed by atoms with Gasteiger partial charge in [0.05, 0.1) is 12.1 Å². The first kappa shape index (κ1) is 21.4. The van der Waals surface area contributed by atoms with E-state index < -0.39 is 35.9 Å². The van der Waals surface area contributed by atoms with Gasteiger partial charge in [0.15, 0.2) is 5.76 Å². The van der Waals surface area contributed by atoms with Crippen LogP contribution in [-0.4, -0.2) is 48.6 Å². The lowest BCUT2D eigenvalue weighted by Crippen LogP contribution is -2.41. The number of furan rings is 1. The van der Waals surface area contributed by atoms with Crippen molar-refractivity contribution in [3.8, 4) is 0 Å². The van der Waals surface area contributed by atoms with Gasteiger partial charge in [0.25, 0.3) is 11.5 Å². The van der Waals surface area contributed by atoms with Crippen LogP contribution < -0.4 is 16.6 Å². The van der Waals surface area contributed by atoms with Gasteiger partial charge in [0.1, 0.15) is 17.3 Å². The maximum Gasteiger partial charge on any atom is 0.326 e. The van der Waals surface area contributed by atoms with Crippen molar-refractivity contribution in [1.82, 2.24) is 19.9 Å². The number of nitrogens with one attached hydrogen (secondary N) is 2. The number of anilines is 1. The standard InChI is InChI=1S/C19H19N5O7/c1-9(8-24-7-6-10-15(24)17(28)23-19(20)22-10)12-3-4-13(31-12)16(27)21-11(18(29)30)2-5-14(25)26/h3-4,6-7,11H,1-2,5,8H2,(H,21,27)(H,25,26)(H,29,30)(H3,20,22,23,28)/t11-/m0/s1. The number of carboxylic acid groups (broad SMARTS) is 2. The Morgan fingerprint density at radius 1 is 1.26 bits per heavy atom. The third-order valence-corrected chi connectivity index (χ3v) is 4.44. The molecule has 3 aromatic rings.